The van der Waals surface area contributed by atoms with Gasteiger partial charge in [0.25, 0.3) is 0 Å². The molecule has 1 amide bonds. The Labute approximate surface area is 65.0 Å². The van der Waals surface area contributed by atoms with E-state index in [9.17, 15) is 4.79 Å². The Morgan fingerprint density at radius 2 is 2.30 bits per heavy atom. The number of amides is 1. The molecule has 0 aromatic rings. The Morgan fingerprint density at radius 3 is 2.70 bits per heavy atom. The molecule has 0 atom stereocenters. The quantitative estimate of drug-likeness (QED) is 0.559. The van der Waals surface area contributed by atoms with Gasteiger partial charge in [0.1, 0.15) is 0 Å². The van der Waals surface area contributed by atoms with Crippen LogP contribution in [0.15, 0.2) is 0 Å². The monoisotopic (exact) mass is 158 g/mol. The van der Waals surface area contributed by atoms with Gasteiger partial charge in [-0.1, -0.05) is 12.2 Å². The highest BCUT2D eigenvalue weighted by Crippen LogP contribution is 2.28. The normalized spacial score (nSPS) is 16.4. The predicted molar refractivity (Wildman–Crippen MR) is 42.5 cm³/mol. The number of nitrogens with two attached hydrogens (primary N) is 1. The molecule has 1 aliphatic carbocycles. The number of nitrogens with one attached hydrogen (secondary N) is 1. The molecule has 0 aromatic carbocycles. The molecule has 4 heteroatoms. The van der Waals surface area contributed by atoms with Crippen LogP contribution in [0.25, 0.3) is 0 Å². The van der Waals surface area contributed by atoms with Gasteiger partial charge in [-0.3, -0.25) is 4.79 Å². The lowest BCUT2D eigenvalue weighted by Crippen LogP contribution is -2.33. The maximum absolute atomic E-state index is 10.9. The van der Waals surface area contributed by atoms with Gasteiger partial charge in [-0.05, 0) is 12.8 Å². The highest BCUT2D eigenvalue weighted by atomic mass is 32.1. The molecule has 0 radical (unpaired) electrons. The Morgan fingerprint density at radius 1 is 1.70 bits per heavy atom. The van der Waals surface area contributed by atoms with Gasteiger partial charge in [0.15, 0.2) is 0 Å². The van der Waals surface area contributed by atoms with Crippen LogP contribution in [0, 0.1) is 5.92 Å². The van der Waals surface area contributed by atoms with Crippen molar-refractivity contribution in [3.63, 3.8) is 0 Å². The Hall–Kier alpha value is -0.640. The number of carbonyl (C=O) groups excluding carboxylic acids is 1. The first-order valence-corrected chi connectivity index (χ1v) is 3.67. The average Bonchev–Trinajstić information content (AvgIpc) is 2.63. The highest BCUT2D eigenvalue weighted by Gasteiger charge is 2.29. The number of hydrogen-bond donors (Lipinski definition) is 2. The van der Waals surface area contributed by atoms with Gasteiger partial charge in [-0.15, -0.1) is 0 Å². The fraction of sp³-hybridized carbons (Fsp3) is 0.667. The molecule has 0 heterocycles. The molecule has 0 spiro atoms. The van der Waals surface area contributed by atoms with Gasteiger partial charge in [0.05, 0.1) is 11.5 Å². The maximum atomic E-state index is 10.9. The summed E-state index contributed by atoms with van der Waals surface area (Å²) in [5.41, 5.74) is 5.18. The molecule has 3 N–H and O–H groups in total. The lowest BCUT2D eigenvalue weighted by atomic mass is 10.4. The van der Waals surface area contributed by atoms with E-state index in [1.54, 1.807) is 0 Å². The first kappa shape index (κ1) is 7.47. The minimum Gasteiger partial charge on any atom is -0.392 e. The summed E-state index contributed by atoms with van der Waals surface area (Å²) in [6, 6.07) is 0. The molecule has 0 aromatic heterocycles. The van der Waals surface area contributed by atoms with Gasteiger partial charge >= 0.3 is 0 Å². The topological polar surface area (TPSA) is 55.1 Å². The van der Waals surface area contributed by atoms with Crippen molar-refractivity contribution >= 4 is 23.1 Å². The molecule has 3 nitrogen and oxygen atoms in total. The van der Waals surface area contributed by atoms with Crippen molar-refractivity contribution in [1.29, 1.82) is 0 Å². The van der Waals surface area contributed by atoms with Crippen LogP contribution in [0.5, 0.6) is 0 Å². The molecular weight excluding hydrogens is 148 g/mol. The largest absolute Gasteiger partial charge is 0.392 e. The summed E-state index contributed by atoms with van der Waals surface area (Å²) >= 11 is 4.58. The van der Waals surface area contributed by atoms with Crippen molar-refractivity contribution in [3.05, 3.63) is 0 Å². The number of thiocarbonyl (C=S) groups is 1. The number of carbonyl (C=O) groups is 1. The molecular formula is C6H10N2OS. The Balaban J connectivity index is 2.12. The van der Waals surface area contributed by atoms with Crippen molar-refractivity contribution in [2.45, 2.75) is 12.8 Å². The highest BCUT2D eigenvalue weighted by molar-refractivity contribution is 7.80. The molecule has 1 fully saturated rings. The molecule has 10 heavy (non-hydrogen) atoms. The first-order chi connectivity index (χ1) is 4.70. The van der Waals surface area contributed by atoms with E-state index in [2.05, 4.69) is 17.5 Å². The summed E-state index contributed by atoms with van der Waals surface area (Å²) in [4.78, 5) is 11.2. The van der Waals surface area contributed by atoms with Crippen molar-refractivity contribution in [1.82, 2.24) is 5.32 Å². The molecule has 1 saturated carbocycles. The van der Waals surface area contributed by atoms with E-state index >= 15 is 0 Å². The molecule has 0 saturated heterocycles. The molecule has 0 bridgehead atoms. The van der Waals surface area contributed by atoms with Gasteiger partial charge in [0.2, 0.25) is 5.91 Å². The smallest absolute Gasteiger partial charge is 0.223 e. The predicted octanol–water partition coefficient (Wildman–Crippen LogP) is -0.201. The van der Waals surface area contributed by atoms with Gasteiger partial charge in [-0.2, -0.15) is 0 Å². The number of hydrogen-bond acceptors (Lipinski definition) is 2. The third-order valence-electron chi connectivity index (χ3n) is 1.38. The van der Waals surface area contributed by atoms with Gasteiger partial charge < -0.3 is 11.1 Å². The fourth-order valence-corrected chi connectivity index (χ4v) is 0.736. The second-order valence-electron chi connectivity index (χ2n) is 2.46. The van der Waals surface area contributed by atoms with E-state index < -0.39 is 0 Å². The zero-order valence-electron chi connectivity index (χ0n) is 5.59. The van der Waals surface area contributed by atoms with Crippen molar-refractivity contribution in [2.24, 2.45) is 11.7 Å². The minimum absolute atomic E-state index is 0.0906. The molecule has 0 unspecified atom stereocenters. The van der Waals surface area contributed by atoms with Crippen LogP contribution in [0.2, 0.25) is 0 Å². The Kier molecular flexibility index (Phi) is 2.21. The zero-order chi connectivity index (χ0) is 7.56. The lowest BCUT2D eigenvalue weighted by Gasteiger charge is -2.00. The van der Waals surface area contributed by atoms with Crippen LogP contribution in [0.1, 0.15) is 12.8 Å². The van der Waals surface area contributed by atoms with Crippen LogP contribution in [-0.4, -0.2) is 17.4 Å². The summed E-state index contributed by atoms with van der Waals surface area (Å²) in [6.45, 7) is 0.338. The molecule has 1 aliphatic rings. The van der Waals surface area contributed by atoms with Crippen molar-refractivity contribution in [2.75, 3.05) is 6.54 Å². The average molecular weight is 158 g/mol. The summed E-state index contributed by atoms with van der Waals surface area (Å²) in [5, 5.41) is 2.64. The van der Waals surface area contributed by atoms with Crippen molar-refractivity contribution in [3.8, 4) is 0 Å². The summed E-state index contributed by atoms with van der Waals surface area (Å²) < 4.78 is 0. The minimum atomic E-state index is 0.0906. The third kappa shape index (κ3) is 2.31. The van der Waals surface area contributed by atoms with Crippen molar-refractivity contribution < 1.29 is 4.79 Å². The number of rotatable bonds is 3. The van der Waals surface area contributed by atoms with Crippen LogP contribution in [-0.2, 0) is 4.79 Å². The second-order valence-corrected chi connectivity index (χ2v) is 2.98. The van der Waals surface area contributed by atoms with E-state index in [0.29, 0.717) is 11.5 Å². The molecule has 56 valence electrons. The van der Waals surface area contributed by atoms with Crippen LogP contribution < -0.4 is 11.1 Å². The summed E-state index contributed by atoms with van der Waals surface area (Å²) in [7, 11) is 0. The Bertz CT molecular complexity index is 165. The van der Waals surface area contributed by atoms with Crippen LogP contribution in [0.4, 0.5) is 0 Å². The van der Waals surface area contributed by atoms with E-state index in [1.807, 2.05) is 0 Å². The van der Waals surface area contributed by atoms with E-state index in [0.717, 1.165) is 12.8 Å². The molecule has 1 rings (SSSR count). The first-order valence-electron chi connectivity index (χ1n) is 3.26. The van der Waals surface area contributed by atoms with Crippen LogP contribution in [0.3, 0.4) is 0 Å². The third-order valence-corrected chi connectivity index (χ3v) is 1.53. The second kappa shape index (κ2) is 2.96. The van der Waals surface area contributed by atoms with Gasteiger partial charge in [-0.25, -0.2) is 0 Å². The SMILES string of the molecule is NC(=S)CNC(=O)C1CC1. The summed E-state index contributed by atoms with van der Waals surface area (Å²) in [6.07, 6.45) is 2.03. The fourth-order valence-electron chi connectivity index (χ4n) is 0.664. The maximum Gasteiger partial charge on any atom is 0.223 e. The lowest BCUT2D eigenvalue weighted by molar-refractivity contribution is -0.121. The van der Waals surface area contributed by atoms with E-state index in [1.165, 1.54) is 0 Å². The molecule has 0 aliphatic heterocycles. The van der Waals surface area contributed by atoms with E-state index in [-0.39, 0.29) is 11.8 Å². The van der Waals surface area contributed by atoms with E-state index in [4.69, 9.17) is 5.73 Å². The summed E-state index contributed by atoms with van der Waals surface area (Å²) in [5.74, 6) is 0.335. The zero-order valence-corrected chi connectivity index (χ0v) is 6.41. The van der Waals surface area contributed by atoms with Gasteiger partial charge in [0, 0.05) is 5.92 Å². The standard InChI is InChI=1S/C6H10N2OS/c7-5(10)3-8-6(9)4-1-2-4/h4H,1-3H2,(H2,7,10)(H,8,9). The van der Waals surface area contributed by atoms with Crippen LogP contribution >= 0.6 is 12.2 Å².